The van der Waals surface area contributed by atoms with Crippen LogP contribution >= 0.6 is 11.3 Å². The summed E-state index contributed by atoms with van der Waals surface area (Å²) in [5, 5.41) is 7.58. The van der Waals surface area contributed by atoms with Crippen LogP contribution in [-0.2, 0) is 11.3 Å². The number of thiazole rings is 1. The molecule has 9 heteroatoms. The van der Waals surface area contributed by atoms with Crippen molar-refractivity contribution >= 4 is 32.6 Å². The van der Waals surface area contributed by atoms with Gasteiger partial charge in [-0.3, -0.25) is 9.59 Å². The lowest BCUT2D eigenvalue weighted by atomic mass is 10.1. The molecule has 0 saturated heterocycles. The van der Waals surface area contributed by atoms with Crippen LogP contribution < -0.4 is 20.3 Å². The Morgan fingerprint density at radius 3 is 2.71 bits per heavy atom. The minimum absolute atomic E-state index is 0.236. The molecule has 0 unspecified atom stereocenters. The first-order chi connectivity index (χ1) is 15.0. The monoisotopic (exact) mass is 436 g/mol. The summed E-state index contributed by atoms with van der Waals surface area (Å²) in [4.78, 5) is 29.2. The lowest BCUT2D eigenvalue weighted by Crippen LogP contribution is -2.29. The summed E-state index contributed by atoms with van der Waals surface area (Å²) in [7, 11) is 3.11. The highest BCUT2D eigenvalue weighted by atomic mass is 32.1. The van der Waals surface area contributed by atoms with Crippen LogP contribution in [0.15, 0.2) is 53.3 Å². The van der Waals surface area contributed by atoms with Crippen LogP contribution in [-0.4, -0.2) is 34.9 Å². The fraction of sp³-hybridized carbons (Fsp3) is 0.182. The number of nitrogens with one attached hydrogen (secondary N) is 1. The Kier molecular flexibility index (Phi) is 5.68. The van der Waals surface area contributed by atoms with Crippen molar-refractivity contribution in [3.8, 4) is 22.8 Å². The molecule has 2 aromatic heterocycles. The van der Waals surface area contributed by atoms with Crippen molar-refractivity contribution < 1.29 is 14.3 Å². The Hall–Kier alpha value is -3.72. The molecule has 0 saturated carbocycles. The van der Waals surface area contributed by atoms with E-state index in [1.807, 2.05) is 25.1 Å². The highest BCUT2D eigenvalue weighted by molar-refractivity contribution is 7.22. The molecule has 4 rings (SSSR count). The van der Waals surface area contributed by atoms with Gasteiger partial charge in [-0.25, -0.2) is 9.67 Å². The van der Waals surface area contributed by atoms with E-state index in [9.17, 15) is 9.59 Å². The SMILES string of the molecule is COc1ccc(-c2ccc(=O)n(CC(=O)Nc3nc4ccc(C)cc4s3)n2)c(OC)c1. The van der Waals surface area contributed by atoms with Crippen molar-refractivity contribution in [2.24, 2.45) is 0 Å². The molecule has 31 heavy (non-hydrogen) atoms. The topological polar surface area (TPSA) is 95.3 Å². The van der Waals surface area contributed by atoms with Crippen LogP contribution in [0.5, 0.6) is 11.5 Å². The number of carbonyl (C=O) groups excluding carboxylic acids is 1. The van der Waals surface area contributed by atoms with Gasteiger partial charge in [0.25, 0.3) is 5.56 Å². The van der Waals surface area contributed by atoms with Gasteiger partial charge in [0.05, 0.1) is 30.1 Å². The largest absolute Gasteiger partial charge is 0.497 e. The summed E-state index contributed by atoms with van der Waals surface area (Å²) in [6.45, 7) is 1.76. The lowest BCUT2D eigenvalue weighted by Gasteiger charge is -2.11. The summed E-state index contributed by atoms with van der Waals surface area (Å²) in [5.41, 5.74) is 2.73. The number of nitrogens with zero attached hydrogens (tertiary/aromatic N) is 3. The molecule has 0 fully saturated rings. The molecule has 0 aliphatic rings. The van der Waals surface area contributed by atoms with Gasteiger partial charge in [-0.15, -0.1) is 0 Å². The van der Waals surface area contributed by atoms with Crippen molar-refractivity contribution in [1.29, 1.82) is 0 Å². The number of ether oxygens (including phenoxy) is 2. The average molecular weight is 436 g/mol. The van der Waals surface area contributed by atoms with E-state index in [1.165, 1.54) is 17.4 Å². The predicted molar refractivity (Wildman–Crippen MR) is 120 cm³/mol. The first-order valence-corrected chi connectivity index (χ1v) is 10.3. The first-order valence-electron chi connectivity index (χ1n) is 9.44. The van der Waals surface area contributed by atoms with E-state index < -0.39 is 0 Å². The van der Waals surface area contributed by atoms with E-state index in [4.69, 9.17) is 9.47 Å². The highest BCUT2D eigenvalue weighted by Crippen LogP contribution is 2.31. The molecular formula is C22H20N4O4S. The third kappa shape index (κ3) is 4.41. The second-order valence-corrected chi connectivity index (χ2v) is 7.85. The number of carbonyl (C=O) groups is 1. The van der Waals surface area contributed by atoms with Crippen LogP contribution in [0, 0.1) is 6.92 Å². The van der Waals surface area contributed by atoms with E-state index in [0.717, 1.165) is 20.5 Å². The normalized spacial score (nSPS) is 10.8. The van der Waals surface area contributed by atoms with Gasteiger partial charge in [-0.05, 0) is 42.8 Å². The molecule has 0 radical (unpaired) electrons. The predicted octanol–water partition coefficient (Wildman–Crippen LogP) is 3.48. The molecule has 0 aliphatic carbocycles. The number of aromatic nitrogens is 3. The summed E-state index contributed by atoms with van der Waals surface area (Å²) in [5.74, 6) is 0.801. The van der Waals surface area contributed by atoms with Gasteiger partial charge in [0.1, 0.15) is 18.0 Å². The zero-order valence-corrected chi connectivity index (χ0v) is 18.0. The minimum Gasteiger partial charge on any atom is -0.497 e. The molecule has 0 atom stereocenters. The summed E-state index contributed by atoms with van der Waals surface area (Å²) in [6.07, 6.45) is 0. The lowest BCUT2D eigenvalue weighted by molar-refractivity contribution is -0.117. The van der Waals surface area contributed by atoms with E-state index in [-0.39, 0.29) is 18.0 Å². The van der Waals surface area contributed by atoms with Crippen LogP contribution in [0.4, 0.5) is 5.13 Å². The number of methoxy groups -OCH3 is 2. The smallest absolute Gasteiger partial charge is 0.267 e. The van der Waals surface area contributed by atoms with Gasteiger partial charge in [0.15, 0.2) is 5.13 Å². The van der Waals surface area contributed by atoms with Gasteiger partial charge in [0.2, 0.25) is 5.91 Å². The number of fused-ring (bicyclic) bond motifs is 1. The first kappa shape index (κ1) is 20.5. The highest BCUT2D eigenvalue weighted by Gasteiger charge is 2.14. The molecule has 1 N–H and O–H groups in total. The number of amides is 1. The van der Waals surface area contributed by atoms with Gasteiger partial charge < -0.3 is 14.8 Å². The Labute approximate surface area is 182 Å². The molecule has 8 nitrogen and oxygen atoms in total. The zero-order valence-electron chi connectivity index (χ0n) is 17.2. The van der Waals surface area contributed by atoms with Crippen LogP contribution in [0.1, 0.15) is 5.56 Å². The van der Waals surface area contributed by atoms with Crippen LogP contribution in [0.25, 0.3) is 21.5 Å². The summed E-state index contributed by atoms with van der Waals surface area (Å²) >= 11 is 1.38. The van der Waals surface area contributed by atoms with Crippen LogP contribution in [0.3, 0.4) is 0 Å². The van der Waals surface area contributed by atoms with Crippen molar-refractivity contribution in [2.75, 3.05) is 19.5 Å². The second kappa shape index (κ2) is 8.57. The van der Waals surface area contributed by atoms with Gasteiger partial charge in [-0.2, -0.15) is 5.10 Å². The molecule has 2 heterocycles. The number of benzene rings is 2. The molecule has 0 bridgehead atoms. The van der Waals surface area contributed by atoms with E-state index in [1.54, 1.807) is 38.5 Å². The molecule has 0 aliphatic heterocycles. The molecule has 4 aromatic rings. The quantitative estimate of drug-likeness (QED) is 0.497. The van der Waals surface area contributed by atoms with Crippen molar-refractivity contribution in [1.82, 2.24) is 14.8 Å². The standard InChI is InChI=1S/C22H20N4O4S/c1-13-4-7-17-19(10-13)31-22(23-17)24-20(27)12-26-21(28)9-8-16(25-26)15-6-5-14(29-2)11-18(15)30-3/h4-11H,12H2,1-3H3,(H,23,24,27). The maximum Gasteiger partial charge on any atom is 0.267 e. The van der Waals surface area contributed by atoms with Crippen molar-refractivity contribution in [3.05, 3.63) is 64.4 Å². The molecule has 158 valence electrons. The van der Waals surface area contributed by atoms with Crippen LogP contribution in [0.2, 0.25) is 0 Å². The summed E-state index contributed by atoms with van der Waals surface area (Å²) < 4.78 is 12.7. The average Bonchev–Trinajstić information content (AvgIpc) is 3.15. The molecule has 0 spiro atoms. The number of rotatable bonds is 6. The summed E-state index contributed by atoms with van der Waals surface area (Å²) in [6, 6.07) is 14.2. The fourth-order valence-corrected chi connectivity index (χ4v) is 4.08. The van der Waals surface area contributed by atoms with Gasteiger partial charge >= 0.3 is 0 Å². The maximum atomic E-state index is 12.5. The van der Waals surface area contributed by atoms with E-state index in [2.05, 4.69) is 15.4 Å². The Bertz CT molecular complexity index is 1330. The third-order valence-corrected chi connectivity index (χ3v) is 5.57. The minimum atomic E-state index is -0.385. The molecule has 2 aromatic carbocycles. The zero-order chi connectivity index (χ0) is 22.0. The third-order valence-electron chi connectivity index (χ3n) is 4.63. The van der Waals surface area contributed by atoms with E-state index >= 15 is 0 Å². The number of hydrogen-bond donors (Lipinski definition) is 1. The van der Waals surface area contributed by atoms with Crippen molar-refractivity contribution in [2.45, 2.75) is 13.5 Å². The number of anilines is 1. The Morgan fingerprint density at radius 1 is 1.10 bits per heavy atom. The Balaban J connectivity index is 1.57. The van der Waals surface area contributed by atoms with Gasteiger partial charge in [0, 0.05) is 17.7 Å². The van der Waals surface area contributed by atoms with E-state index in [0.29, 0.717) is 27.9 Å². The number of hydrogen-bond acceptors (Lipinski definition) is 7. The molecular weight excluding hydrogens is 416 g/mol. The molecule has 1 amide bonds. The van der Waals surface area contributed by atoms with Gasteiger partial charge in [-0.1, -0.05) is 17.4 Å². The van der Waals surface area contributed by atoms with Crippen molar-refractivity contribution in [3.63, 3.8) is 0 Å². The fourth-order valence-electron chi connectivity index (χ4n) is 3.10. The second-order valence-electron chi connectivity index (χ2n) is 6.82. The Morgan fingerprint density at radius 2 is 1.94 bits per heavy atom. The maximum absolute atomic E-state index is 12.5. The number of aryl methyl sites for hydroxylation is 1.